The van der Waals surface area contributed by atoms with E-state index >= 15 is 0 Å². The lowest BCUT2D eigenvalue weighted by Gasteiger charge is -2.46. The van der Waals surface area contributed by atoms with Crippen LogP contribution in [0.1, 0.15) is 52.0 Å². The zero-order valence-electron chi connectivity index (χ0n) is 18.0. The Morgan fingerprint density at radius 2 is 1.55 bits per heavy atom. The van der Waals surface area contributed by atoms with Crippen LogP contribution < -0.4 is 0 Å². The summed E-state index contributed by atoms with van der Waals surface area (Å²) in [7, 11) is 0. The predicted molar refractivity (Wildman–Crippen MR) is 111 cm³/mol. The fourth-order valence-corrected chi connectivity index (χ4v) is 4.14. The number of rotatable bonds is 4. The molecule has 6 heteroatoms. The van der Waals surface area contributed by atoms with Crippen molar-refractivity contribution in [2.24, 2.45) is 5.41 Å². The van der Waals surface area contributed by atoms with Gasteiger partial charge in [-0.3, -0.25) is 9.69 Å². The van der Waals surface area contributed by atoms with E-state index in [1.807, 2.05) is 56.0 Å². The molecule has 160 valence electrons. The maximum atomic E-state index is 12.3. The second kappa shape index (κ2) is 9.16. The molecule has 0 bridgehead atoms. The molecule has 6 nitrogen and oxygen atoms in total. The summed E-state index contributed by atoms with van der Waals surface area (Å²) in [5.41, 5.74) is 0.852. The summed E-state index contributed by atoms with van der Waals surface area (Å²) in [6.45, 7) is 9.72. The van der Waals surface area contributed by atoms with Crippen molar-refractivity contribution in [3.05, 3.63) is 35.9 Å². The highest BCUT2D eigenvalue weighted by atomic mass is 16.6. The van der Waals surface area contributed by atoms with Gasteiger partial charge in [0, 0.05) is 13.1 Å². The summed E-state index contributed by atoms with van der Waals surface area (Å²) in [5, 5.41) is 0. The molecule has 0 saturated carbocycles. The molecule has 0 unspecified atom stereocenters. The van der Waals surface area contributed by atoms with Gasteiger partial charge in [-0.05, 0) is 70.5 Å². The normalized spacial score (nSPS) is 19.8. The van der Waals surface area contributed by atoms with Crippen LogP contribution in [0.3, 0.4) is 0 Å². The summed E-state index contributed by atoms with van der Waals surface area (Å²) < 4.78 is 10.9. The number of piperidine rings is 2. The number of hydrogen-bond acceptors (Lipinski definition) is 5. The Hall–Kier alpha value is -2.08. The number of likely N-dealkylation sites (tertiary alicyclic amines) is 2. The van der Waals surface area contributed by atoms with Crippen molar-refractivity contribution in [2.45, 2.75) is 58.7 Å². The van der Waals surface area contributed by atoms with Gasteiger partial charge in [0.05, 0.1) is 6.54 Å². The molecule has 2 saturated heterocycles. The van der Waals surface area contributed by atoms with Crippen LogP contribution in [0.15, 0.2) is 30.3 Å². The molecular formula is C23H34N2O4. The first-order valence-electron chi connectivity index (χ1n) is 10.6. The van der Waals surface area contributed by atoms with Crippen LogP contribution in [0.25, 0.3) is 0 Å². The van der Waals surface area contributed by atoms with Crippen LogP contribution >= 0.6 is 0 Å². The molecule has 2 aliphatic rings. The SMILES string of the molecule is CC(C)(C)OC(=O)N1CCC2(CCN(CC(=O)OCc3ccccc3)CC2)CC1. The first-order valence-corrected chi connectivity index (χ1v) is 10.6. The summed E-state index contributed by atoms with van der Waals surface area (Å²) >= 11 is 0. The molecular weight excluding hydrogens is 368 g/mol. The summed E-state index contributed by atoms with van der Waals surface area (Å²) in [6, 6.07) is 9.76. The Labute approximate surface area is 174 Å². The minimum absolute atomic E-state index is 0.162. The molecule has 0 radical (unpaired) electrons. The van der Waals surface area contributed by atoms with Crippen molar-refractivity contribution in [2.75, 3.05) is 32.7 Å². The molecule has 1 aromatic rings. The standard InChI is InChI=1S/C23H34N2O4/c1-22(2,3)29-21(27)25-15-11-23(12-16-25)9-13-24(14-10-23)17-20(26)28-18-19-7-5-4-6-8-19/h4-8H,9-18H2,1-3H3. The maximum Gasteiger partial charge on any atom is 0.410 e. The monoisotopic (exact) mass is 402 g/mol. The van der Waals surface area contributed by atoms with Crippen LogP contribution in [-0.4, -0.2) is 60.2 Å². The first-order chi connectivity index (χ1) is 13.7. The van der Waals surface area contributed by atoms with Crippen LogP contribution in [0.2, 0.25) is 0 Å². The van der Waals surface area contributed by atoms with E-state index in [0.29, 0.717) is 18.6 Å². The third-order valence-corrected chi connectivity index (χ3v) is 5.99. The third-order valence-electron chi connectivity index (χ3n) is 5.99. The van der Waals surface area contributed by atoms with Crippen molar-refractivity contribution in [3.8, 4) is 0 Å². The van der Waals surface area contributed by atoms with Crippen molar-refractivity contribution >= 4 is 12.1 Å². The van der Waals surface area contributed by atoms with E-state index in [9.17, 15) is 9.59 Å². The highest BCUT2D eigenvalue weighted by Gasteiger charge is 2.39. The number of ether oxygens (including phenoxy) is 2. The number of carbonyl (C=O) groups excluding carboxylic acids is 2. The minimum Gasteiger partial charge on any atom is -0.460 e. The fraction of sp³-hybridized carbons (Fsp3) is 0.652. The Kier molecular flexibility index (Phi) is 6.83. The van der Waals surface area contributed by atoms with Gasteiger partial charge in [-0.1, -0.05) is 30.3 Å². The number of hydrogen-bond donors (Lipinski definition) is 0. The Bertz CT molecular complexity index is 681. The molecule has 1 aromatic carbocycles. The second-order valence-corrected chi connectivity index (χ2v) is 9.39. The van der Waals surface area contributed by atoms with E-state index < -0.39 is 5.60 Å². The van der Waals surface area contributed by atoms with Gasteiger partial charge < -0.3 is 14.4 Å². The van der Waals surface area contributed by atoms with Gasteiger partial charge in [-0.25, -0.2) is 4.79 Å². The predicted octanol–water partition coefficient (Wildman–Crippen LogP) is 3.84. The first kappa shape index (κ1) is 21.6. The molecule has 2 heterocycles. The maximum absolute atomic E-state index is 12.3. The molecule has 2 fully saturated rings. The second-order valence-electron chi connectivity index (χ2n) is 9.39. The van der Waals surface area contributed by atoms with Crippen molar-refractivity contribution in [1.29, 1.82) is 0 Å². The van der Waals surface area contributed by atoms with Crippen LogP contribution in [0, 0.1) is 5.41 Å². The van der Waals surface area contributed by atoms with Gasteiger partial charge in [-0.15, -0.1) is 0 Å². The number of nitrogens with zero attached hydrogens (tertiary/aromatic N) is 2. The number of benzene rings is 1. The van der Waals surface area contributed by atoms with E-state index in [4.69, 9.17) is 9.47 Å². The summed E-state index contributed by atoms with van der Waals surface area (Å²) in [4.78, 5) is 28.5. The van der Waals surface area contributed by atoms with Crippen LogP contribution in [-0.2, 0) is 20.9 Å². The third kappa shape index (κ3) is 6.46. The lowest BCUT2D eigenvalue weighted by atomic mass is 9.71. The minimum atomic E-state index is -0.452. The molecule has 29 heavy (non-hydrogen) atoms. The zero-order chi connectivity index (χ0) is 20.9. The van der Waals surface area contributed by atoms with Gasteiger partial charge >= 0.3 is 12.1 Å². The van der Waals surface area contributed by atoms with Gasteiger partial charge in [0.2, 0.25) is 0 Å². The summed E-state index contributed by atoms with van der Waals surface area (Å²) in [6.07, 6.45) is 3.96. The Morgan fingerprint density at radius 3 is 2.14 bits per heavy atom. The molecule has 3 rings (SSSR count). The smallest absolute Gasteiger partial charge is 0.410 e. The van der Waals surface area contributed by atoms with Crippen molar-refractivity contribution < 1.29 is 19.1 Å². The van der Waals surface area contributed by atoms with Crippen LogP contribution in [0.5, 0.6) is 0 Å². The largest absolute Gasteiger partial charge is 0.460 e. The molecule has 1 amide bonds. The molecule has 0 aliphatic carbocycles. The lowest BCUT2D eigenvalue weighted by Crippen LogP contribution is -2.49. The molecule has 0 N–H and O–H groups in total. The van der Waals surface area contributed by atoms with E-state index in [0.717, 1.165) is 57.4 Å². The molecule has 2 aliphatic heterocycles. The Morgan fingerprint density at radius 1 is 0.966 bits per heavy atom. The Balaban J connectivity index is 1.38. The van der Waals surface area contributed by atoms with E-state index in [2.05, 4.69) is 4.90 Å². The fourth-order valence-electron chi connectivity index (χ4n) is 4.14. The van der Waals surface area contributed by atoms with E-state index in [1.54, 1.807) is 0 Å². The molecule has 0 aromatic heterocycles. The quantitative estimate of drug-likeness (QED) is 0.716. The number of amides is 1. The van der Waals surface area contributed by atoms with Gasteiger partial charge in [0.25, 0.3) is 0 Å². The molecule has 0 atom stereocenters. The summed E-state index contributed by atoms with van der Waals surface area (Å²) in [5.74, 6) is -0.162. The highest BCUT2D eigenvalue weighted by Crippen LogP contribution is 2.41. The number of esters is 1. The number of carbonyl (C=O) groups is 2. The van der Waals surface area contributed by atoms with E-state index in [1.165, 1.54) is 0 Å². The zero-order valence-corrected chi connectivity index (χ0v) is 18.0. The average Bonchev–Trinajstić information content (AvgIpc) is 2.68. The average molecular weight is 403 g/mol. The van der Waals surface area contributed by atoms with Gasteiger partial charge in [0.15, 0.2) is 0 Å². The van der Waals surface area contributed by atoms with Crippen molar-refractivity contribution in [1.82, 2.24) is 9.80 Å². The highest BCUT2D eigenvalue weighted by molar-refractivity contribution is 5.71. The van der Waals surface area contributed by atoms with Crippen LogP contribution in [0.4, 0.5) is 4.79 Å². The van der Waals surface area contributed by atoms with Gasteiger partial charge in [0.1, 0.15) is 12.2 Å². The van der Waals surface area contributed by atoms with Crippen molar-refractivity contribution in [3.63, 3.8) is 0 Å². The van der Waals surface area contributed by atoms with E-state index in [-0.39, 0.29) is 12.1 Å². The topological polar surface area (TPSA) is 59.1 Å². The van der Waals surface area contributed by atoms with Gasteiger partial charge in [-0.2, -0.15) is 0 Å². The molecule has 1 spiro atoms. The lowest BCUT2D eigenvalue weighted by molar-refractivity contribution is -0.147.